The van der Waals surface area contributed by atoms with E-state index in [1.165, 1.54) is 12.8 Å². The van der Waals surface area contributed by atoms with Crippen LogP contribution >= 0.6 is 0 Å². The average molecular weight is 576 g/mol. The minimum atomic E-state index is -3.60. The van der Waals surface area contributed by atoms with E-state index in [0.717, 1.165) is 31.5 Å². The summed E-state index contributed by atoms with van der Waals surface area (Å²) < 4.78 is 60.5. The first-order chi connectivity index (χ1) is 19.0. The number of hydrogen-bond donors (Lipinski definition) is 2. The number of rotatable bonds is 7. The van der Waals surface area contributed by atoms with Gasteiger partial charge in [-0.05, 0) is 73.9 Å². The van der Waals surface area contributed by atoms with E-state index in [2.05, 4.69) is 19.9 Å². The summed E-state index contributed by atoms with van der Waals surface area (Å²) in [6.45, 7) is 4.19. The van der Waals surface area contributed by atoms with Gasteiger partial charge in [-0.1, -0.05) is 0 Å². The Kier molecular flexibility index (Phi) is 6.89. The van der Waals surface area contributed by atoms with E-state index < -0.39 is 21.2 Å². The third-order valence-corrected chi connectivity index (χ3v) is 10.4. The van der Waals surface area contributed by atoms with Gasteiger partial charge in [-0.3, -0.25) is 9.52 Å². The number of nitrogens with zero attached hydrogens (tertiary/aromatic N) is 3. The molecule has 2 aromatic rings. The number of amides is 1. The Morgan fingerprint density at radius 2 is 1.65 bits per heavy atom. The molecule has 216 valence electrons. The van der Waals surface area contributed by atoms with E-state index in [-0.39, 0.29) is 45.1 Å². The minimum absolute atomic E-state index is 0.169. The molecule has 1 aliphatic carbocycles. The summed E-state index contributed by atoms with van der Waals surface area (Å²) in [4.78, 5) is 22.2. The molecular weight excluding hydrogens is 540 g/mol. The molecule has 3 aliphatic heterocycles. The van der Waals surface area contributed by atoms with E-state index in [1.54, 1.807) is 24.3 Å². The number of ether oxygens (including phenoxy) is 1. The second-order valence-corrected chi connectivity index (χ2v) is 13.7. The highest BCUT2D eigenvalue weighted by Crippen LogP contribution is 2.54. The van der Waals surface area contributed by atoms with Gasteiger partial charge in [-0.15, -0.1) is 0 Å². The monoisotopic (exact) mass is 575 g/mol. The highest BCUT2D eigenvalue weighted by atomic mass is 32.2. The lowest BCUT2D eigenvalue weighted by atomic mass is 9.93. The molecule has 0 radical (unpaired) electrons. The van der Waals surface area contributed by atoms with Crippen LogP contribution in [0.1, 0.15) is 54.4 Å². The molecule has 2 N–H and O–H groups in total. The third-order valence-electron chi connectivity index (χ3n) is 8.69. The Morgan fingerprint density at radius 1 is 0.975 bits per heavy atom. The zero-order valence-electron chi connectivity index (χ0n) is 22.6. The summed E-state index contributed by atoms with van der Waals surface area (Å²) in [5.41, 5.74) is 2.78. The van der Waals surface area contributed by atoms with Gasteiger partial charge in [0.05, 0.1) is 30.2 Å². The van der Waals surface area contributed by atoms with Crippen LogP contribution in [0.3, 0.4) is 0 Å². The highest BCUT2D eigenvalue weighted by Gasteiger charge is 2.45. The first kappa shape index (κ1) is 27.2. The largest absolute Gasteiger partial charge is 0.378 e. The molecule has 6 rings (SSSR count). The predicted octanol–water partition coefficient (Wildman–Crippen LogP) is 4.40. The standard InChI is InChI=1S/C28H35F2N5O4S/c1-19-14-24(31-25(15-19)35-12-8-28(29,30)9-13-35)32-26(36)22-3-2-20(33-40(37,38)21-17-39-18-21)16-23(22)34-10-6-27(4-5-27)7-11-34/h2-3,14-16,21,33H,4-13,17-18H2,1H3,(H,31,32,36). The van der Waals surface area contributed by atoms with Crippen LogP contribution in [0.25, 0.3) is 0 Å². The fourth-order valence-corrected chi connectivity index (χ4v) is 6.88. The number of benzene rings is 1. The molecule has 0 unspecified atom stereocenters. The van der Waals surface area contributed by atoms with Crippen LogP contribution in [0.2, 0.25) is 0 Å². The van der Waals surface area contributed by atoms with Crippen molar-refractivity contribution in [2.45, 2.75) is 56.6 Å². The number of aromatic nitrogens is 1. The first-order valence-electron chi connectivity index (χ1n) is 13.9. The number of sulfonamides is 1. The highest BCUT2D eigenvalue weighted by molar-refractivity contribution is 7.93. The Bertz CT molecular complexity index is 1390. The smallest absolute Gasteiger partial charge is 0.258 e. The lowest BCUT2D eigenvalue weighted by Gasteiger charge is -2.35. The first-order valence-corrected chi connectivity index (χ1v) is 15.5. The predicted molar refractivity (Wildman–Crippen MR) is 150 cm³/mol. The number of nitrogens with one attached hydrogen (secondary N) is 2. The molecule has 3 saturated heterocycles. The molecule has 4 fully saturated rings. The van der Waals surface area contributed by atoms with Crippen LogP contribution < -0.4 is 19.8 Å². The molecule has 4 heterocycles. The van der Waals surface area contributed by atoms with E-state index in [4.69, 9.17) is 4.74 Å². The lowest BCUT2D eigenvalue weighted by Crippen LogP contribution is -2.43. The van der Waals surface area contributed by atoms with E-state index >= 15 is 0 Å². The number of hydrogen-bond acceptors (Lipinski definition) is 7. The Labute approximate surface area is 233 Å². The van der Waals surface area contributed by atoms with Gasteiger partial charge >= 0.3 is 0 Å². The van der Waals surface area contributed by atoms with Gasteiger partial charge in [0, 0.05) is 39.0 Å². The topological polar surface area (TPSA) is 104 Å². The molecule has 1 amide bonds. The van der Waals surface area contributed by atoms with Crippen LogP contribution in [-0.4, -0.2) is 69.9 Å². The molecular formula is C28H35F2N5O4S. The number of halogens is 2. The van der Waals surface area contributed by atoms with Gasteiger partial charge in [0.2, 0.25) is 10.0 Å². The summed E-state index contributed by atoms with van der Waals surface area (Å²) in [6, 6.07) is 8.57. The lowest BCUT2D eigenvalue weighted by molar-refractivity contribution is -0.0221. The van der Waals surface area contributed by atoms with Crippen molar-refractivity contribution in [3.63, 3.8) is 0 Å². The van der Waals surface area contributed by atoms with Crippen LogP contribution in [0, 0.1) is 12.3 Å². The van der Waals surface area contributed by atoms with Gasteiger partial charge in [0.15, 0.2) is 0 Å². The molecule has 1 spiro atoms. The van der Waals surface area contributed by atoms with Gasteiger partial charge < -0.3 is 19.9 Å². The van der Waals surface area contributed by atoms with E-state index in [1.807, 2.05) is 17.9 Å². The molecule has 9 nitrogen and oxygen atoms in total. The zero-order chi connectivity index (χ0) is 28.1. The Morgan fingerprint density at radius 3 is 2.27 bits per heavy atom. The maximum atomic E-state index is 13.7. The van der Waals surface area contributed by atoms with Crippen molar-refractivity contribution in [3.8, 4) is 0 Å². The molecule has 4 aliphatic rings. The van der Waals surface area contributed by atoms with Gasteiger partial charge in [-0.25, -0.2) is 22.2 Å². The third kappa shape index (κ3) is 5.74. The van der Waals surface area contributed by atoms with E-state index in [0.29, 0.717) is 34.0 Å². The van der Waals surface area contributed by atoms with Crippen molar-refractivity contribution in [2.75, 3.05) is 59.2 Å². The number of alkyl halides is 2. The van der Waals surface area contributed by atoms with Crippen LogP contribution in [0.4, 0.5) is 31.8 Å². The number of pyridine rings is 1. The Hall–Kier alpha value is -2.99. The maximum absolute atomic E-state index is 13.7. The summed E-state index contributed by atoms with van der Waals surface area (Å²) in [7, 11) is -3.60. The van der Waals surface area contributed by atoms with Crippen LogP contribution in [0.5, 0.6) is 0 Å². The second-order valence-electron chi connectivity index (χ2n) is 11.7. The fourth-order valence-electron chi connectivity index (χ4n) is 5.71. The molecule has 12 heteroatoms. The molecule has 0 atom stereocenters. The van der Waals surface area contributed by atoms with Crippen molar-refractivity contribution in [1.82, 2.24) is 4.98 Å². The Balaban J connectivity index is 1.24. The average Bonchev–Trinajstić information content (AvgIpc) is 3.61. The maximum Gasteiger partial charge on any atom is 0.258 e. The summed E-state index contributed by atoms with van der Waals surface area (Å²) in [6.07, 6.45) is 4.12. The SMILES string of the molecule is Cc1cc(NC(=O)c2ccc(NS(=O)(=O)C3COC3)cc2N2CCC3(CC2)CC3)nc(N2CCC(F)(F)CC2)c1. The number of carbonyl (C=O) groups is 1. The van der Waals surface area contributed by atoms with Crippen LogP contribution in [-0.2, 0) is 14.8 Å². The quantitative estimate of drug-likeness (QED) is 0.505. The van der Waals surface area contributed by atoms with Crippen LogP contribution in [0.15, 0.2) is 30.3 Å². The van der Waals surface area contributed by atoms with Gasteiger partial charge in [0.25, 0.3) is 11.8 Å². The van der Waals surface area contributed by atoms with Crippen molar-refractivity contribution in [1.29, 1.82) is 0 Å². The molecule has 1 saturated carbocycles. The van der Waals surface area contributed by atoms with Gasteiger partial charge in [0.1, 0.15) is 16.9 Å². The molecule has 40 heavy (non-hydrogen) atoms. The summed E-state index contributed by atoms with van der Waals surface area (Å²) in [5.74, 6) is -2.12. The van der Waals surface area contributed by atoms with Crippen molar-refractivity contribution in [3.05, 3.63) is 41.5 Å². The summed E-state index contributed by atoms with van der Waals surface area (Å²) >= 11 is 0. The minimum Gasteiger partial charge on any atom is -0.378 e. The van der Waals surface area contributed by atoms with Gasteiger partial charge in [-0.2, -0.15) is 0 Å². The second kappa shape index (κ2) is 10.1. The number of anilines is 4. The normalized spacial score (nSPS) is 22.1. The number of piperidine rings is 2. The fraction of sp³-hybridized carbons (Fsp3) is 0.571. The summed E-state index contributed by atoms with van der Waals surface area (Å²) in [5, 5.41) is 2.31. The molecule has 1 aromatic carbocycles. The number of carbonyl (C=O) groups excluding carboxylic acids is 1. The number of aryl methyl sites for hydroxylation is 1. The molecule has 0 bridgehead atoms. The van der Waals surface area contributed by atoms with Crippen molar-refractivity contribution in [2.24, 2.45) is 5.41 Å². The van der Waals surface area contributed by atoms with E-state index in [9.17, 15) is 22.0 Å². The zero-order valence-corrected chi connectivity index (χ0v) is 23.4. The van der Waals surface area contributed by atoms with Crippen molar-refractivity contribution < 1.29 is 26.7 Å². The van der Waals surface area contributed by atoms with Crippen molar-refractivity contribution >= 4 is 38.9 Å². The molecule has 1 aromatic heterocycles.